The van der Waals surface area contributed by atoms with Crippen LogP contribution in [0.3, 0.4) is 0 Å². The maximum absolute atomic E-state index is 13.6. The maximum Gasteiger partial charge on any atom is 0.149 e. The standard InChI is InChI=1S/C11H10BrClFNO/c1-6(13)11-5-10(15-16-11)8-4-7(12)2-3-9(8)14/h2-4,6,11H,5H2,1H3. The fourth-order valence-corrected chi connectivity index (χ4v) is 2.02. The molecule has 86 valence electrons. The molecule has 0 radical (unpaired) electrons. The third kappa shape index (κ3) is 2.38. The lowest BCUT2D eigenvalue weighted by atomic mass is 10.0. The van der Waals surface area contributed by atoms with Crippen molar-refractivity contribution < 1.29 is 9.23 Å². The van der Waals surface area contributed by atoms with E-state index in [9.17, 15) is 4.39 Å². The highest BCUT2D eigenvalue weighted by atomic mass is 79.9. The molecule has 1 aliphatic heterocycles. The summed E-state index contributed by atoms with van der Waals surface area (Å²) in [6.07, 6.45) is 0.368. The summed E-state index contributed by atoms with van der Waals surface area (Å²) < 4.78 is 14.4. The van der Waals surface area contributed by atoms with Gasteiger partial charge < -0.3 is 4.84 Å². The first-order valence-electron chi connectivity index (χ1n) is 4.90. The van der Waals surface area contributed by atoms with Crippen LogP contribution in [0.5, 0.6) is 0 Å². The summed E-state index contributed by atoms with van der Waals surface area (Å²) in [4.78, 5) is 5.15. The molecule has 2 atom stereocenters. The molecule has 0 saturated carbocycles. The normalized spacial score (nSPS) is 21.5. The quantitative estimate of drug-likeness (QED) is 0.763. The van der Waals surface area contributed by atoms with Gasteiger partial charge in [-0.2, -0.15) is 0 Å². The van der Waals surface area contributed by atoms with E-state index in [4.69, 9.17) is 16.4 Å². The number of hydrogen-bond acceptors (Lipinski definition) is 2. The molecule has 0 aliphatic carbocycles. The zero-order chi connectivity index (χ0) is 11.7. The van der Waals surface area contributed by atoms with Crippen molar-refractivity contribution in [3.63, 3.8) is 0 Å². The van der Waals surface area contributed by atoms with Gasteiger partial charge in [-0.05, 0) is 25.1 Å². The van der Waals surface area contributed by atoms with Gasteiger partial charge in [-0.3, -0.25) is 0 Å². The van der Waals surface area contributed by atoms with Crippen LogP contribution in [0.25, 0.3) is 0 Å². The summed E-state index contributed by atoms with van der Waals surface area (Å²) in [5, 5.41) is 3.74. The topological polar surface area (TPSA) is 21.6 Å². The Morgan fingerprint density at radius 1 is 1.62 bits per heavy atom. The summed E-state index contributed by atoms with van der Waals surface area (Å²) in [5.41, 5.74) is 1.07. The molecule has 0 saturated heterocycles. The molecule has 1 aliphatic rings. The molecule has 2 nitrogen and oxygen atoms in total. The molecule has 0 amide bonds. The summed E-state index contributed by atoms with van der Waals surface area (Å²) in [6, 6.07) is 4.75. The van der Waals surface area contributed by atoms with Crippen LogP contribution in [0, 0.1) is 5.82 Å². The minimum absolute atomic E-state index is 0.142. The van der Waals surface area contributed by atoms with E-state index in [1.807, 2.05) is 6.92 Å². The van der Waals surface area contributed by atoms with Crippen molar-refractivity contribution in [1.82, 2.24) is 0 Å². The third-order valence-corrected chi connectivity index (χ3v) is 3.22. The van der Waals surface area contributed by atoms with Gasteiger partial charge in [0.15, 0.2) is 0 Å². The predicted octanol–water partition coefficient (Wildman–Crippen LogP) is 3.71. The minimum Gasteiger partial charge on any atom is -0.390 e. The van der Waals surface area contributed by atoms with Crippen molar-refractivity contribution in [3.8, 4) is 0 Å². The molecule has 0 bridgehead atoms. The van der Waals surface area contributed by atoms with Crippen LogP contribution in [0.4, 0.5) is 4.39 Å². The van der Waals surface area contributed by atoms with Crippen LogP contribution in [0.15, 0.2) is 27.8 Å². The Morgan fingerprint density at radius 2 is 2.38 bits per heavy atom. The first-order chi connectivity index (χ1) is 7.58. The van der Waals surface area contributed by atoms with Crippen LogP contribution in [-0.4, -0.2) is 17.2 Å². The van der Waals surface area contributed by atoms with E-state index in [-0.39, 0.29) is 17.3 Å². The number of alkyl halides is 1. The van der Waals surface area contributed by atoms with Gasteiger partial charge >= 0.3 is 0 Å². The predicted molar refractivity (Wildman–Crippen MR) is 65.4 cm³/mol. The number of rotatable bonds is 2. The van der Waals surface area contributed by atoms with E-state index < -0.39 is 0 Å². The minimum atomic E-state index is -0.298. The fourth-order valence-electron chi connectivity index (χ4n) is 1.52. The average Bonchev–Trinajstić information content (AvgIpc) is 2.70. The molecule has 1 aromatic rings. The Balaban J connectivity index is 2.23. The largest absolute Gasteiger partial charge is 0.390 e. The summed E-state index contributed by atoms with van der Waals surface area (Å²) in [5.74, 6) is -0.298. The van der Waals surface area contributed by atoms with Gasteiger partial charge in [0.05, 0.1) is 11.1 Å². The first kappa shape index (κ1) is 11.9. The van der Waals surface area contributed by atoms with Crippen molar-refractivity contribution in [2.24, 2.45) is 5.16 Å². The molecule has 0 spiro atoms. The molecule has 0 aromatic heterocycles. The molecule has 0 N–H and O–H groups in total. The molecule has 0 fully saturated rings. The Bertz CT molecular complexity index is 436. The van der Waals surface area contributed by atoms with Crippen LogP contribution in [-0.2, 0) is 4.84 Å². The molecule has 1 aromatic carbocycles. The van der Waals surface area contributed by atoms with Crippen LogP contribution >= 0.6 is 27.5 Å². The van der Waals surface area contributed by atoms with E-state index >= 15 is 0 Å². The summed E-state index contributed by atoms with van der Waals surface area (Å²) >= 11 is 9.21. The van der Waals surface area contributed by atoms with Crippen molar-refractivity contribution >= 4 is 33.2 Å². The van der Waals surface area contributed by atoms with Gasteiger partial charge in [0.2, 0.25) is 0 Å². The molecule has 16 heavy (non-hydrogen) atoms. The van der Waals surface area contributed by atoms with Gasteiger partial charge in [0.25, 0.3) is 0 Å². The van der Waals surface area contributed by atoms with Crippen LogP contribution in [0.1, 0.15) is 18.9 Å². The zero-order valence-corrected chi connectivity index (χ0v) is 10.9. The molecule has 2 unspecified atom stereocenters. The zero-order valence-electron chi connectivity index (χ0n) is 8.58. The Hall–Kier alpha value is -0.610. The highest BCUT2D eigenvalue weighted by Crippen LogP contribution is 2.24. The Labute approximate surface area is 107 Å². The van der Waals surface area contributed by atoms with Crippen molar-refractivity contribution in [1.29, 1.82) is 0 Å². The van der Waals surface area contributed by atoms with Crippen molar-refractivity contribution in [3.05, 3.63) is 34.1 Å². The van der Waals surface area contributed by atoms with Gasteiger partial charge in [-0.15, -0.1) is 11.6 Å². The lowest BCUT2D eigenvalue weighted by molar-refractivity contribution is 0.0855. The van der Waals surface area contributed by atoms with Gasteiger partial charge in [0.1, 0.15) is 11.9 Å². The number of benzene rings is 1. The molecular weight excluding hydrogens is 296 g/mol. The number of halogens is 3. The van der Waals surface area contributed by atoms with E-state index in [2.05, 4.69) is 21.1 Å². The molecule has 5 heteroatoms. The second-order valence-electron chi connectivity index (χ2n) is 3.69. The second kappa shape index (κ2) is 4.72. The lowest BCUT2D eigenvalue weighted by Crippen LogP contribution is -2.18. The monoisotopic (exact) mass is 305 g/mol. The van der Waals surface area contributed by atoms with Crippen LogP contribution < -0.4 is 0 Å². The van der Waals surface area contributed by atoms with E-state index in [0.29, 0.717) is 17.7 Å². The fraction of sp³-hybridized carbons (Fsp3) is 0.364. The summed E-state index contributed by atoms with van der Waals surface area (Å²) in [6.45, 7) is 1.84. The average molecular weight is 307 g/mol. The smallest absolute Gasteiger partial charge is 0.149 e. The van der Waals surface area contributed by atoms with E-state index in [1.165, 1.54) is 6.07 Å². The SMILES string of the molecule is CC(Cl)C1CC(c2cc(Br)ccc2F)=NO1. The molecular formula is C11H10BrClFNO. The maximum atomic E-state index is 13.6. The highest BCUT2D eigenvalue weighted by molar-refractivity contribution is 9.10. The Kier molecular flexibility index (Phi) is 3.50. The van der Waals surface area contributed by atoms with Crippen LogP contribution in [0.2, 0.25) is 0 Å². The highest BCUT2D eigenvalue weighted by Gasteiger charge is 2.27. The first-order valence-corrected chi connectivity index (χ1v) is 6.13. The number of oxime groups is 1. The van der Waals surface area contributed by atoms with E-state index in [1.54, 1.807) is 12.1 Å². The second-order valence-corrected chi connectivity index (χ2v) is 5.29. The molecule has 2 rings (SSSR count). The third-order valence-electron chi connectivity index (χ3n) is 2.44. The van der Waals surface area contributed by atoms with Crippen molar-refractivity contribution in [2.75, 3.05) is 0 Å². The lowest BCUT2D eigenvalue weighted by Gasteiger charge is -2.09. The number of nitrogens with zero attached hydrogens (tertiary/aromatic N) is 1. The number of hydrogen-bond donors (Lipinski definition) is 0. The van der Waals surface area contributed by atoms with Crippen molar-refractivity contribution in [2.45, 2.75) is 24.8 Å². The summed E-state index contributed by atoms with van der Waals surface area (Å²) in [7, 11) is 0. The van der Waals surface area contributed by atoms with Gasteiger partial charge in [-0.1, -0.05) is 21.1 Å². The van der Waals surface area contributed by atoms with E-state index in [0.717, 1.165) is 4.47 Å². The van der Waals surface area contributed by atoms with Gasteiger partial charge in [0, 0.05) is 16.5 Å². The Morgan fingerprint density at radius 3 is 3.00 bits per heavy atom. The van der Waals surface area contributed by atoms with Gasteiger partial charge in [-0.25, -0.2) is 4.39 Å². The molecule has 1 heterocycles.